The fraction of sp³-hybridized carbons (Fsp3) is 0.562. The molecule has 2 nitrogen and oxygen atoms in total. The van der Waals surface area contributed by atoms with Crippen LogP contribution in [0.4, 0.5) is 0 Å². The summed E-state index contributed by atoms with van der Waals surface area (Å²) in [7, 11) is 0. The van der Waals surface area contributed by atoms with Crippen LogP contribution in [-0.4, -0.2) is 12.3 Å². The molecule has 0 aromatic heterocycles. The molecule has 0 bridgehead atoms. The quantitative estimate of drug-likeness (QED) is 0.747. The second-order valence-electron chi connectivity index (χ2n) is 5.19. The summed E-state index contributed by atoms with van der Waals surface area (Å²) in [6, 6.07) is 6.07. The van der Waals surface area contributed by atoms with Crippen LogP contribution in [0.15, 0.2) is 18.2 Å². The largest absolute Gasteiger partial charge is 0.330 e. The average Bonchev–Trinajstić information content (AvgIpc) is 2.32. The third-order valence-corrected chi connectivity index (χ3v) is 3.48. The summed E-state index contributed by atoms with van der Waals surface area (Å²) in [4.78, 5) is 12.1. The average molecular weight is 247 g/mol. The van der Waals surface area contributed by atoms with Gasteiger partial charge in [0.1, 0.15) is 0 Å². The molecule has 0 saturated carbocycles. The fourth-order valence-electron chi connectivity index (χ4n) is 2.40. The highest BCUT2D eigenvalue weighted by Gasteiger charge is 2.11. The molecule has 0 spiro atoms. The summed E-state index contributed by atoms with van der Waals surface area (Å²) in [5, 5.41) is 0. The second-order valence-corrected chi connectivity index (χ2v) is 5.19. The van der Waals surface area contributed by atoms with Crippen LogP contribution in [0.2, 0.25) is 0 Å². The number of Topliss-reactive ketones (excluding diaryl/α,β-unsaturated/α-hetero) is 1. The number of hydrogen-bond donors (Lipinski definition) is 1. The smallest absolute Gasteiger partial charge is 0.162 e. The molecule has 0 amide bonds. The molecule has 0 aliphatic heterocycles. The topological polar surface area (TPSA) is 43.1 Å². The molecule has 0 saturated heterocycles. The van der Waals surface area contributed by atoms with Gasteiger partial charge in [0.05, 0.1) is 0 Å². The number of carbonyl (C=O) groups excluding carboxylic acids is 1. The van der Waals surface area contributed by atoms with Crippen molar-refractivity contribution in [3.8, 4) is 0 Å². The Bertz CT molecular complexity index is 378. The molecule has 18 heavy (non-hydrogen) atoms. The highest BCUT2D eigenvalue weighted by Crippen LogP contribution is 2.18. The molecule has 0 heterocycles. The lowest BCUT2D eigenvalue weighted by Gasteiger charge is -2.13. The monoisotopic (exact) mass is 247 g/mol. The zero-order chi connectivity index (χ0) is 13.5. The summed E-state index contributed by atoms with van der Waals surface area (Å²) in [5.74, 6) is 0.849. The van der Waals surface area contributed by atoms with Crippen molar-refractivity contribution in [3.63, 3.8) is 0 Å². The first-order valence-corrected chi connectivity index (χ1v) is 6.88. The van der Waals surface area contributed by atoms with Crippen molar-refractivity contribution in [1.82, 2.24) is 0 Å². The van der Waals surface area contributed by atoms with Crippen LogP contribution in [0.3, 0.4) is 0 Å². The van der Waals surface area contributed by atoms with E-state index < -0.39 is 0 Å². The third kappa shape index (κ3) is 4.61. The summed E-state index contributed by atoms with van der Waals surface area (Å²) in [6.45, 7) is 6.96. The van der Waals surface area contributed by atoms with Crippen molar-refractivity contribution in [1.29, 1.82) is 0 Å². The van der Waals surface area contributed by atoms with Crippen molar-refractivity contribution >= 4 is 5.78 Å². The van der Waals surface area contributed by atoms with E-state index in [1.807, 2.05) is 26.0 Å². The molecule has 0 aliphatic rings. The molecule has 2 heteroatoms. The van der Waals surface area contributed by atoms with Gasteiger partial charge in [-0.05, 0) is 51.3 Å². The van der Waals surface area contributed by atoms with E-state index in [2.05, 4.69) is 13.0 Å². The van der Waals surface area contributed by atoms with E-state index in [1.54, 1.807) is 0 Å². The number of carbonyl (C=O) groups is 1. The van der Waals surface area contributed by atoms with Gasteiger partial charge in [0, 0.05) is 12.0 Å². The molecule has 100 valence electrons. The third-order valence-electron chi connectivity index (χ3n) is 3.48. The lowest BCUT2D eigenvalue weighted by Crippen LogP contribution is -2.10. The molecule has 1 unspecified atom stereocenters. The van der Waals surface area contributed by atoms with Crippen molar-refractivity contribution in [3.05, 3.63) is 34.9 Å². The Morgan fingerprint density at radius 1 is 1.17 bits per heavy atom. The Balaban J connectivity index is 2.59. The molecule has 2 N–H and O–H groups in total. The highest BCUT2D eigenvalue weighted by molar-refractivity contribution is 5.96. The minimum atomic E-state index is 0.261. The number of ketones is 1. The van der Waals surface area contributed by atoms with E-state index in [0.717, 1.165) is 42.5 Å². The number of nitrogens with two attached hydrogens (primary N) is 1. The van der Waals surface area contributed by atoms with Gasteiger partial charge in [0.15, 0.2) is 5.78 Å². The fourth-order valence-corrected chi connectivity index (χ4v) is 2.40. The highest BCUT2D eigenvalue weighted by atomic mass is 16.1. The molecule has 1 atom stereocenters. The van der Waals surface area contributed by atoms with Crippen LogP contribution in [0, 0.1) is 19.8 Å². The van der Waals surface area contributed by atoms with Crippen molar-refractivity contribution in [2.45, 2.75) is 46.5 Å². The van der Waals surface area contributed by atoms with Crippen LogP contribution < -0.4 is 5.73 Å². The van der Waals surface area contributed by atoms with Gasteiger partial charge in [-0.1, -0.05) is 30.5 Å². The molecule has 0 radical (unpaired) electrons. The number of benzene rings is 1. The zero-order valence-corrected chi connectivity index (χ0v) is 11.8. The molecular weight excluding hydrogens is 222 g/mol. The summed E-state index contributed by atoms with van der Waals surface area (Å²) >= 11 is 0. The van der Waals surface area contributed by atoms with Gasteiger partial charge in [0.2, 0.25) is 0 Å². The summed E-state index contributed by atoms with van der Waals surface area (Å²) in [6.07, 6.45) is 3.73. The number of aryl methyl sites for hydroxylation is 2. The maximum absolute atomic E-state index is 12.1. The van der Waals surface area contributed by atoms with Gasteiger partial charge in [-0.2, -0.15) is 0 Å². The minimum absolute atomic E-state index is 0.261. The van der Waals surface area contributed by atoms with Crippen LogP contribution >= 0.6 is 0 Å². The molecule has 1 aromatic rings. The maximum atomic E-state index is 12.1. The lowest BCUT2D eigenvalue weighted by atomic mass is 9.93. The van der Waals surface area contributed by atoms with Gasteiger partial charge >= 0.3 is 0 Å². The van der Waals surface area contributed by atoms with Crippen LogP contribution in [-0.2, 0) is 0 Å². The van der Waals surface area contributed by atoms with Gasteiger partial charge < -0.3 is 5.73 Å². The van der Waals surface area contributed by atoms with Gasteiger partial charge in [-0.3, -0.25) is 4.79 Å². The lowest BCUT2D eigenvalue weighted by molar-refractivity contribution is 0.0972. The van der Waals surface area contributed by atoms with E-state index in [-0.39, 0.29) is 5.78 Å². The zero-order valence-electron chi connectivity index (χ0n) is 11.8. The van der Waals surface area contributed by atoms with Crippen LogP contribution in [0.25, 0.3) is 0 Å². The first-order valence-electron chi connectivity index (χ1n) is 6.88. The van der Waals surface area contributed by atoms with E-state index in [4.69, 9.17) is 5.73 Å². The summed E-state index contributed by atoms with van der Waals surface area (Å²) in [5.41, 5.74) is 8.75. The first kappa shape index (κ1) is 14.9. The molecule has 1 aromatic carbocycles. The predicted molar refractivity (Wildman–Crippen MR) is 76.9 cm³/mol. The minimum Gasteiger partial charge on any atom is -0.330 e. The van der Waals surface area contributed by atoms with E-state index in [1.165, 1.54) is 0 Å². The van der Waals surface area contributed by atoms with E-state index in [0.29, 0.717) is 12.3 Å². The SMILES string of the molecule is CCC(CCN)CCC(=O)c1cc(C)cc(C)c1. The Kier molecular flexibility index (Phi) is 6.06. The number of hydrogen-bond acceptors (Lipinski definition) is 2. The Morgan fingerprint density at radius 3 is 2.28 bits per heavy atom. The number of rotatable bonds is 7. The van der Waals surface area contributed by atoms with Crippen molar-refractivity contribution in [2.75, 3.05) is 6.54 Å². The standard InChI is InChI=1S/C16H25NO/c1-4-14(7-8-17)5-6-16(18)15-10-12(2)9-13(3)11-15/h9-11,14H,4-8,17H2,1-3H3. The van der Waals surface area contributed by atoms with Crippen LogP contribution in [0.5, 0.6) is 0 Å². The van der Waals surface area contributed by atoms with Crippen molar-refractivity contribution in [2.24, 2.45) is 11.7 Å². The second kappa shape index (κ2) is 7.32. The molecule has 0 aliphatic carbocycles. The normalized spacial score (nSPS) is 12.4. The van der Waals surface area contributed by atoms with Crippen molar-refractivity contribution < 1.29 is 4.79 Å². The maximum Gasteiger partial charge on any atom is 0.162 e. The van der Waals surface area contributed by atoms with E-state index >= 15 is 0 Å². The first-order chi connectivity index (χ1) is 8.56. The Hall–Kier alpha value is -1.15. The van der Waals surface area contributed by atoms with Gasteiger partial charge in [-0.25, -0.2) is 0 Å². The molecular formula is C16H25NO. The Morgan fingerprint density at radius 2 is 1.78 bits per heavy atom. The van der Waals surface area contributed by atoms with E-state index in [9.17, 15) is 4.79 Å². The molecule has 0 fully saturated rings. The summed E-state index contributed by atoms with van der Waals surface area (Å²) < 4.78 is 0. The Labute approximate surface area is 111 Å². The van der Waals surface area contributed by atoms with Gasteiger partial charge in [-0.15, -0.1) is 0 Å². The van der Waals surface area contributed by atoms with Gasteiger partial charge in [0.25, 0.3) is 0 Å². The predicted octanol–water partition coefficient (Wildman–Crippen LogP) is 3.64. The van der Waals surface area contributed by atoms with Crippen LogP contribution in [0.1, 0.15) is 54.1 Å². The molecule has 1 rings (SSSR count).